The van der Waals surface area contributed by atoms with Gasteiger partial charge in [0, 0.05) is 19.6 Å². The van der Waals surface area contributed by atoms with Crippen molar-refractivity contribution in [3.05, 3.63) is 29.3 Å². The Morgan fingerprint density at radius 3 is 2.67 bits per heavy atom. The minimum Gasteiger partial charge on any atom is -0.410 e. The molecule has 24 heavy (non-hydrogen) atoms. The lowest BCUT2D eigenvalue weighted by Crippen LogP contribution is -2.27. The van der Waals surface area contributed by atoms with Crippen LogP contribution in [0.2, 0.25) is 0 Å². The van der Waals surface area contributed by atoms with E-state index in [1.807, 2.05) is 6.07 Å². The number of amides is 1. The third-order valence-corrected chi connectivity index (χ3v) is 5.38. The van der Waals surface area contributed by atoms with Crippen molar-refractivity contribution in [2.45, 2.75) is 57.3 Å². The number of hydrogen-bond acceptors (Lipinski definition) is 3. The molecule has 4 rings (SSSR count). The van der Waals surface area contributed by atoms with Crippen LogP contribution in [-0.4, -0.2) is 37.7 Å². The molecule has 3 aliphatic rings. The standard InChI is InChI=1S/C20H30N2O2/c1-3-4-5-6-11-21-20(23)24-17-9-10-18-15-7-8-16(19(18)12-17)14-22(2)13-15/h9-10,12,15-16H,3-8,11,13-14H2,1-2H3,(H,21,23). The average molecular weight is 330 g/mol. The molecule has 1 N–H and O–H groups in total. The van der Waals surface area contributed by atoms with Gasteiger partial charge in [-0.3, -0.25) is 0 Å². The number of hydrogen-bond donors (Lipinski definition) is 1. The molecule has 132 valence electrons. The van der Waals surface area contributed by atoms with E-state index in [9.17, 15) is 4.79 Å². The first kappa shape index (κ1) is 17.3. The lowest BCUT2D eigenvalue weighted by atomic mass is 9.78. The van der Waals surface area contributed by atoms with Crippen LogP contribution in [-0.2, 0) is 0 Å². The predicted octanol–water partition coefficient (Wildman–Crippen LogP) is 4.26. The maximum Gasteiger partial charge on any atom is 0.412 e. The molecule has 1 amide bonds. The maximum absolute atomic E-state index is 12.0. The summed E-state index contributed by atoms with van der Waals surface area (Å²) in [5.41, 5.74) is 2.85. The van der Waals surface area contributed by atoms with Crippen LogP contribution in [0, 0.1) is 0 Å². The maximum atomic E-state index is 12.0. The highest BCUT2D eigenvalue weighted by Gasteiger charge is 2.32. The molecule has 0 radical (unpaired) electrons. The molecule has 2 bridgehead atoms. The normalized spacial score (nSPS) is 22.8. The fraction of sp³-hybridized carbons (Fsp3) is 0.650. The zero-order valence-electron chi connectivity index (χ0n) is 15.0. The van der Waals surface area contributed by atoms with E-state index < -0.39 is 0 Å². The van der Waals surface area contributed by atoms with Gasteiger partial charge in [0.1, 0.15) is 5.75 Å². The Hall–Kier alpha value is -1.55. The first-order valence-electron chi connectivity index (χ1n) is 9.45. The highest BCUT2D eigenvalue weighted by molar-refractivity contribution is 5.70. The summed E-state index contributed by atoms with van der Waals surface area (Å²) >= 11 is 0. The number of nitrogens with zero attached hydrogens (tertiary/aromatic N) is 1. The number of likely N-dealkylation sites (N-methyl/N-ethyl adjacent to an activating group) is 1. The summed E-state index contributed by atoms with van der Waals surface area (Å²) in [6.45, 7) is 5.13. The number of rotatable bonds is 6. The zero-order chi connectivity index (χ0) is 16.9. The number of unbranched alkanes of at least 4 members (excludes halogenated alkanes) is 3. The van der Waals surface area contributed by atoms with Crippen LogP contribution in [0.4, 0.5) is 4.79 Å². The second-order valence-electron chi connectivity index (χ2n) is 7.36. The summed E-state index contributed by atoms with van der Waals surface area (Å²) < 4.78 is 5.50. The Morgan fingerprint density at radius 2 is 1.92 bits per heavy atom. The van der Waals surface area contributed by atoms with Crippen molar-refractivity contribution in [3.63, 3.8) is 0 Å². The van der Waals surface area contributed by atoms with Crippen molar-refractivity contribution in [1.82, 2.24) is 10.2 Å². The Labute approximate surface area is 145 Å². The average Bonchev–Trinajstić information content (AvgIpc) is 2.83. The van der Waals surface area contributed by atoms with Crippen molar-refractivity contribution < 1.29 is 9.53 Å². The molecule has 0 saturated carbocycles. The van der Waals surface area contributed by atoms with E-state index in [1.54, 1.807) is 0 Å². The molecule has 2 unspecified atom stereocenters. The van der Waals surface area contributed by atoms with Crippen molar-refractivity contribution in [1.29, 1.82) is 0 Å². The van der Waals surface area contributed by atoms with Crippen LogP contribution in [0.5, 0.6) is 5.75 Å². The highest BCUT2D eigenvalue weighted by Crippen LogP contribution is 2.43. The lowest BCUT2D eigenvalue weighted by Gasteiger charge is -2.26. The Kier molecular flexibility index (Phi) is 5.77. The summed E-state index contributed by atoms with van der Waals surface area (Å²) in [4.78, 5) is 14.4. The molecule has 0 aromatic heterocycles. The van der Waals surface area contributed by atoms with Gasteiger partial charge in [0.25, 0.3) is 0 Å². The minimum absolute atomic E-state index is 0.331. The van der Waals surface area contributed by atoms with E-state index >= 15 is 0 Å². The van der Waals surface area contributed by atoms with E-state index in [0.717, 1.165) is 25.9 Å². The van der Waals surface area contributed by atoms with E-state index in [2.05, 4.69) is 36.3 Å². The third-order valence-electron chi connectivity index (χ3n) is 5.38. The smallest absolute Gasteiger partial charge is 0.410 e. The van der Waals surface area contributed by atoms with Crippen LogP contribution in [0.3, 0.4) is 0 Å². The second-order valence-corrected chi connectivity index (χ2v) is 7.36. The number of benzene rings is 1. The Balaban J connectivity index is 1.59. The van der Waals surface area contributed by atoms with Crippen LogP contribution in [0.25, 0.3) is 0 Å². The Morgan fingerprint density at radius 1 is 1.17 bits per heavy atom. The van der Waals surface area contributed by atoms with Crippen molar-refractivity contribution in [2.24, 2.45) is 0 Å². The molecule has 4 heteroatoms. The number of carbonyl (C=O) groups excluding carboxylic acids is 1. The number of carbonyl (C=O) groups is 1. The summed E-state index contributed by atoms with van der Waals surface area (Å²) in [6, 6.07) is 6.23. The van der Waals surface area contributed by atoms with Crippen LogP contribution < -0.4 is 10.1 Å². The fourth-order valence-corrected chi connectivity index (χ4v) is 4.15. The van der Waals surface area contributed by atoms with Crippen LogP contribution in [0.15, 0.2) is 18.2 Å². The van der Waals surface area contributed by atoms with Gasteiger partial charge < -0.3 is 15.0 Å². The predicted molar refractivity (Wildman–Crippen MR) is 96.8 cm³/mol. The molecule has 1 aromatic rings. The molecular formula is C20H30N2O2. The number of fused-ring (bicyclic) bond motifs is 3. The van der Waals surface area contributed by atoms with Gasteiger partial charge in [-0.2, -0.15) is 0 Å². The van der Waals surface area contributed by atoms with Crippen LogP contribution >= 0.6 is 0 Å². The van der Waals surface area contributed by atoms with Gasteiger partial charge in [0.05, 0.1) is 0 Å². The largest absolute Gasteiger partial charge is 0.412 e. The lowest BCUT2D eigenvalue weighted by molar-refractivity contribution is 0.200. The third kappa shape index (κ3) is 4.10. The second kappa shape index (κ2) is 8.02. The van der Waals surface area contributed by atoms with Crippen molar-refractivity contribution in [3.8, 4) is 5.75 Å². The summed E-state index contributed by atoms with van der Waals surface area (Å²) in [5.74, 6) is 1.88. The molecule has 2 aliphatic heterocycles. The van der Waals surface area contributed by atoms with Gasteiger partial charge in [0.15, 0.2) is 0 Å². The molecule has 1 aromatic carbocycles. The van der Waals surface area contributed by atoms with Gasteiger partial charge in [-0.1, -0.05) is 32.3 Å². The molecule has 1 aliphatic carbocycles. The van der Waals surface area contributed by atoms with Crippen molar-refractivity contribution in [2.75, 3.05) is 26.7 Å². The molecule has 2 atom stereocenters. The highest BCUT2D eigenvalue weighted by atomic mass is 16.6. The van der Waals surface area contributed by atoms with E-state index in [4.69, 9.17) is 4.74 Å². The molecule has 1 saturated heterocycles. The summed E-state index contributed by atoms with van der Waals surface area (Å²) in [6.07, 6.45) is 6.79. The van der Waals surface area contributed by atoms with E-state index in [-0.39, 0.29) is 6.09 Å². The van der Waals surface area contributed by atoms with E-state index in [0.29, 0.717) is 24.1 Å². The molecule has 0 spiro atoms. The molecule has 4 nitrogen and oxygen atoms in total. The summed E-state index contributed by atoms with van der Waals surface area (Å²) in [7, 11) is 2.21. The van der Waals surface area contributed by atoms with Gasteiger partial charge in [-0.15, -0.1) is 0 Å². The van der Waals surface area contributed by atoms with Gasteiger partial charge in [-0.25, -0.2) is 4.79 Å². The summed E-state index contributed by atoms with van der Waals surface area (Å²) in [5, 5.41) is 2.85. The number of nitrogens with one attached hydrogen (secondary N) is 1. The first-order valence-corrected chi connectivity index (χ1v) is 9.45. The molecule has 1 fully saturated rings. The molecule has 2 heterocycles. The monoisotopic (exact) mass is 330 g/mol. The Bertz CT molecular complexity index is 573. The zero-order valence-corrected chi connectivity index (χ0v) is 15.0. The van der Waals surface area contributed by atoms with Gasteiger partial charge in [0.2, 0.25) is 0 Å². The van der Waals surface area contributed by atoms with E-state index in [1.165, 1.54) is 36.8 Å². The number of ether oxygens (including phenoxy) is 1. The van der Waals surface area contributed by atoms with Crippen molar-refractivity contribution >= 4 is 6.09 Å². The minimum atomic E-state index is -0.331. The topological polar surface area (TPSA) is 41.6 Å². The fourth-order valence-electron chi connectivity index (χ4n) is 4.15. The first-order chi connectivity index (χ1) is 11.7. The van der Waals surface area contributed by atoms with Gasteiger partial charge in [-0.05, 0) is 61.4 Å². The van der Waals surface area contributed by atoms with Gasteiger partial charge >= 0.3 is 6.09 Å². The quantitative estimate of drug-likeness (QED) is 0.792. The molecular weight excluding hydrogens is 300 g/mol. The van der Waals surface area contributed by atoms with Crippen LogP contribution in [0.1, 0.15) is 68.4 Å². The SMILES string of the molecule is CCCCCCNC(=O)Oc1ccc2c(c1)C1CCC2CN(C)C1.